The molecule has 2 fully saturated rings. The Morgan fingerprint density at radius 2 is 1.92 bits per heavy atom. The summed E-state index contributed by atoms with van der Waals surface area (Å²) in [4.78, 5) is 35.6. The second kappa shape index (κ2) is 6.29. The molecular formula is C17H22N4O2S. The van der Waals surface area contributed by atoms with E-state index < -0.39 is 0 Å². The molecule has 4 heterocycles. The highest BCUT2D eigenvalue weighted by Crippen LogP contribution is 2.22. The van der Waals surface area contributed by atoms with Crippen molar-refractivity contribution >= 4 is 22.2 Å². The minimum Gasteiger partial charge on any atom is -0.338 e. The zero-order valence-electron chi connectivity index (χ0n) is 13.9. The Labute approximate surface area is 144 Å². The highest BCUT2D eigenvalue weighted by molar-refractivity contribution is 7.16. The largest absolute Gasteiger partial charge is 0.338 e. The average Bonchev–Trinajstić information content (AvgIpc) is 3.24. The molecule has 4 rings (SSSR count). The molecule has 0 saturated carbocycles. The highest BCUT2D eigenvalue weighted by Gasteiger charge is 2.29. The lowest BCUT2D eigenvalue weighted by Gasteiger charge is -2.36. The van der Waals surface area contributed by atoms with Crippen molar-refractivity contribution in [3.63, 3.8) is 0 Å². The minimum absolute atomic E-state index is 0.175. The van der Waals surface area contributed by atoms with Crippen LogP contribution in [0.15, 0.2) is 17.2 Å². The SMILES string of the molecule is Cc1cn2c(=O)c(C(=O)N3CCC(N4CCCC4)CC3)cnc2s1. The number of amides is 1. The van der Waals surface area contributed by atoms with Crippen LogP contribution in [0, 0.1) is 6.92 Å². The van der Waals surface area contributed by atoms with Gasteiger partial charge in [0.2, 0.25) is 0 Å². The van der Waals surface area contributed by atoms with Gasteiger partial charge in [0.15, 0.2) is 4.96 Å². The Hall–Kier alpha value is -1.73. The number of carbonyl (C=O) groups excluding carboxylic acids is 1. The number of fused-ring (bicyclic) bond motifs is 1. The van der Waals surface area contributed by atoms with E-state index in [1.165, 1.54) is 47.9 Å². The van der Waals surface area contributed by atoms with Gasteiger partial charge in [-0.05, 0) is 45.7 Å². The van der Waals surface area contributed by atoms with Crippen LogP contribution >= 0.6 is 11.3 Å². The lowest BCUT2D eigenvalue weighted by molar-refractivity contribution is 0.0642. The van der Waals surface area contributed by atoms with Crippen LogP contribution < -0.4 is 5.56 Å². The third-order valence-corrected chi connectivity index (χ3v) is 6.07. The van der Waals surface area contributed by atoms with Gasteiger partial charge in [-0.15, -0.1) is 11.3 Å². The fourth-order valence-corrected chi connectivity index (χ4v) is 4.64. The number of likely N-dealkylation sites (tertiary alicyclic amines) is 2. The fraction of sp³-hybridized carbons (Fsp3) is 0.588. The minimum atomic E-state index is -0.254. The normalized spacial score (nSPS) is 20.1. The van der Waals surface area contributed by atoms with E-state index in [-0.39, 0.29) is 17.0 Å². The molecule has 0 N–H and O–H groups in total. The van der Waals surface area contributed by atoms with Gasteiger partial charge < -0.3 is 9.80 Å². The van der Waals surface area contributed by atoms with E-state index in [2.05, 4.69) is 9.88 Å². The fourth-order valence-electron chi connectivity index (χ4n) is 3.85. The van der Waals surface area contributed by atoms with E-state index in [9.17, 15) is 9.59 Å². The van der Waals surface area contributed by atoms with Crippen molar-refractivity contribution in [2.45, 2.75) is 38.6 Å². The van der Waals surface area contributed by atoms with Crippen LogP contribution in [0.4, 0.5) is 0 Å². The second-order valence-corrected chi connectivity index (χ2v) is 7.95. The molecule has 2 aromatic heterocycles. The molecule has 2 saturated heterocycles. The predicted octanol–water partition coefficient (Wildman–Crippen LogP) is 1.76. The number of hydrogen-bond acceptors (Lipinski definition) is 5. The average molecular weight is 346 g/mol. The first-order valence-corrected chi connectivity index (χ1v) is 9.46. The number of thiazole rings is 1. The first-order valence-electron chi connectivity index (χ1n) is 8.64. The number of hydrogen-bond donors (Lipinski definition) is 0. The number of piperidine rings is 1. The van der Waals surface area contributed by atoms with Crippen LogP contribution in [0.2, 0.25) is 0 Å². The molecule has 0 bridgehead atoms. The van der Waals surface area contributed by atoms with Crippen molar-refractivity contribution in [3.05, 3.63) is 33.2 Å². The maximum Gasteiger partial charge on any atom is 0.271 e. The van der Waals surface area contributed by atoms with Crippen LogP contribution in [-0.4, -0.2) is 57.3 Å². The van der Waals surface area contributed by atoms with Crippen molar-refractivity contribution in [3.8, 4) is 0 Å². The van der Waals surface area contributed by atoms with Gasteiger partial charge in [-0.3, -0.25) is 14.0 Å². The predicted molar refractivity (Wildman–Crippen MR) is 93.8 cm³/mol. The molecule has 0 unspecified atom stereocenters. The summed E-state index contributed by atoms with van der Waals surface area (Å²) in [6, 6.07) is 0.595. The smallest absolute Gasteiger partial charge is 0.271 e. The van der Waals surface area contributed by atoms with Crippen molar-refractivity contribution < 1.29 is 4.79 Å². The number of rotatable bonds is 2. The molecule has 2 aliphatic heterocycles. The molecule has 2 aromatic rings. The number of carbonyl (C=O) groups is 1. The van der Waals surface area contributed by atoms with Crippen LogP contribution in [0.1, 0.15) is 40.9 Å². The quantitative estimate of drug-likeness (QED) is 0.831. The van der Waals surface area contributed by atoms with E-state index in [1.807, 2.05) is 11.8 Å². The van der Waals surface area contributed by atoms with Gasteiger partial charge in [0.25, 0.3) is 11.5 Å². The maximum atomic E-state index is 12.8. The van der Waals surface area contributed by atoms with E-state index in [0.717, 1.165) is 30.8 Å². The van der Waals surface area contributed by atoms with Crippen molar-refractivity contribution in [1.29, 1.82) is 0 Å². The molecule has 0 spiro atoms. The second-order valence-electron chi connectivity index (χ2n) is 6.74. The molecule has 0 atom stereocenters. The van der Waals surface area contributed by atoms with Crippen molar-refractivity contribution in [2.75, 3.05) is 26.2 Å². The Morgan fingerprint density at radius 3 is 2.62 bits per heavy atom. The summed E-state index contributed by atoms with van der Waals surface area (Å²) in [6.45, 7) is 5.77. The summed E-state index contributed by atoms with van der Waals surface area (Å²) < 4.78 is 1.49. The van der Waals surface area contributed by atoms with Gasteiger partial charge in [-0.25, -0.2) is 4.98 Å². The lowest BCUT2D eigenvalue weighted by atomic mass is 10.0. The first kappa shape index (κ1) is 15.8. The summed E-state index contributed by atoms with van der Waals surface area (Å²) >= 11 is 1.46. The van der Waals surface area contributed by atoms with Crippen LogP contribution in [0.25, 0.3) is 4.96 Å². The number of aromatic nitrogens is 2. The van der Waals surface area contributed by atoms with Gasteiger partial charge in [0.1, 0.15) is 5.56 Å². The Bertz CT molecular complexity index is 814. The van der Waals surface area contributed by atoms with Gasteiger partial charge in [-0.1, -0.05) is 0 Å². The van der Waals surface area contributed by atoms with Gasteiger partial charge >= 0.3 is 0 Å². The third-order valence-electron chi connectivity index (χ3n) is 5.16. The molecule has 0 aliphatic carbocycles. The van der Waals surface area contributed by atoms with Crippen LogP contribution in [0.5, 0.6) is 0 Å². The maximum absolute atomic E-state index is 12.8. The van der Waals surface area contributed by atoms with E-state index in [0.29, 0.717) is 11.0 Å². The molecule has 7 heteroatoms. The van der Waals surface area contributed by atoms with Crippen LogP contribution in [0.3, 0.4) is 0 Å². The zero-order valence-corrected chi connectivity index (χ0v) is 14.7. The Balaban J connectivity index is 1.50. The summed E-state index contributed by atoms with van der Waals surface area (Å²) in [5.41, 5.74) is -0.0686. The van der Waals surface area contributed by atoms with Crippen LogP contribution in [-0.2, 0) is 0 Å². The summed E-state index contributed by atoms with van der Waals surface area (Å²) in [5, 5.41) is 0. The number of aryl methyl sites for hydroxylation is 1. The molecule has 0 aromatic carbocycles. The zero-order chi connectivity index (χ0) is 16.7. The third kappa shape index (κ3) is 2.75. The van der Waals surface area contributed by atoms with E-state index >= 15 is 0 Å². The molecule has 0 radical (unpaired) electrons. The number of nitrogens with zero attached hydrogens (tertiary/aromatic N) is 4. The lowest BCUT2D eigenvalue weighted by Crippen LogP contribution is -2.47. The molecule has 128 valence electrons. The van der Waals surface area contributed by atoms with E-state index in [1.54, 1.807) is 6.20 Å². The Morgan fingerprint density at radius 1 is 1.21 bits per heavy atom. The van der Waals surface area contributed by atoms with Crippen molar-refractivity contribution in [2.24, 2.45) is 0 Å². The molecular weight excluding hydrogens is 324 g/mol. The van der Waals surface area contributed by atoms with E-state index in [4.69, 9.17) is 0 Å². The molecule has 1 amide bonds. The van der Waals surface area contributed by atoms with Gasteiger partial charge in [0.05, 0.1) is 0 Å². The molecule has 2 aliphatic rings. The summed E-state index contributed by atoms with van der Waals surface area (Å²) in [5.74, 6) is -0.175. The molecule has 24 heavy (non-hydrogen) atoms. The van der Waals surface area contributed by atoms with Crippen molar-refractivity contribution in [1.82, 2.24) is 19.2 Å². The standard InChI is InChI=1S/C17H22N4O2S/c1-12-11-21-16(23)14(10-18-17(21)24-12)15(22)20-8-4-13(5-9-20)19-6-2-3-7-19/h10-11,13H,2-9H2,1H3. The van der Waals surface area contributed by atoms with Gasteiger partial charge in [-0.2, -0.15) is 0 Å². The summed E-state index contributed by atoms with van der Waals surface area (Å²) in [7, 11) is 0. The summed E-state index contributed by atoms with van der Waals surface area (Å²) in [6.07, 6.45) is 7.79. The highest BCUT2D eigenvalue weighted by atomic mass is 32.1. The Kier molecular flexibility index (Phi) is 4.14. The molecule has 6 nitrogen and oxygen atoms in total. The topological polar surface area (TPSA) is 57.9 Å². The van der Waals surface area contributed by atoms with Gasteiger partial charge in [0, 0.05) is 36.4 Å². The first-order chi connectivity index (χ1) is 11.6. The monoisotopic (exact) mass is 346 g/mol.